The Balaban J connectivity index is 1.46. The standard InChI is InChI=1S/C29H31BrN4O7/c1-18-13-21(30)7-8-22(18)33-27(35)17-41-24-10-6-20(15-26(24)40-4)16-32-34-29(37)28(36)31-12-11-19-5-9-23(38-2)25(14-19)39-3/h5-10,13-16H,11-12,17H2,1-4H3,(H,31,36)(H,33,35)(H,34,37)/b32-16-. The van der Waals surface area contributed by atoms with E-state index in [1.165, 1.54) is 13.3 Å². The monoisotopic (exact) mass is 626 g/mol. The van der Waals surface area contributed by atoms with Crippen molar-refractivity contribution >= 4 is 45.6 Å². The van der Waals surface area contributed by atoms with Crippen molar-refractivity contribution in [2.24, 2.45) is 5.10 Å². The molecule has 0 saturated carbocycles. The van der Waals surface area contributed by atoms with Crippen LogP contribution in [0.2, 0.25) is 0 Å². The lowest BCUT2D eigenvalue weighted by Gasteiger charge is -2.12. The Hall–Kier alpha value is -4.58. The van der Waals surface area contributed by atoms with Crippen LogP contribution < -0.4 is 35.0 Å². The molecule has 0 aliphatic rings. The second-order valence-electron chi connectivity index (χ2n) is 8.60. The maximum Gasteiger partial charge on any atom is 0.329 e. The van der Waals surface area contributed by atoms with E-state index in [0.717, 1.165) is 15.6 Å². The Morgan fingerprint density at radius 1 is 0.854 bits per heavy atom. The number of benzene rings is 3. The van der Waals surface area contributed by atoms with Gasteiger partial charge in [0.25, 0.3) is 5.91 Å². The zero-order valence-corrected chi connectivity index (χ0v) is 24.7. The third-order valence-corrected chi connectivity index (χ3v) is 6.24. The van der Waals surface area contributed by atoms with Crippen LogP contribution in [-0.2, 0) is 20.8 Å². The smallest absolute Gasteiger partial charge is 0.329 e. The number of carbonyl (C=O) groups is 3. The predicted octanol–water partition coefficient (Wildman–Crippen LogP) is 3.61. The van der Waals surface area contributed by atoms with Crippen LogP contribution in [0.3, 0.4) is 0 Å². The Labute approximate surface area is 246 Å². The number of hydrazone groups is 1. The van der Waals surface area contributed by atoms with Crippen molar-refractivity contribution in [2.75, 3.05) is 39.8 Å². The highest BCUT2D eigenvalue weighted by atomic mass is 79.9. The number of amides is 3. The van der Waals surface area contributed by atoms with E-state index in [0.29, 0.717) is 40.7 Å². The van der Waals surface area contributed by atoms with Crippen molar-refractivity contribution in [3.05, 3.63) is 75.8 Å². The third kappa shape index (κ3) is 9.24. The molecule has 3 N–H and O–H groups in total. The van der Waals surface area contributed by atoms with Crippen LogP contribution in [-0.4, -0.2) is 58.4 Å². The van der Waals surface area contributed by atoms with Crippen LogP contribution in [0.25, 0.3) is 0 Å². The van der Waals surface area contributed by atoms with Crippen LogP contribution in [0.5, 0.6) is 23.0 Å². The minimum absolute atomic E-state index is 0.226. The van der Waals surface area contributed by atoms with E-state index in [2.05, 4.69) is 37.1 Å². The van der Waals surface area contributed by atoms with Gasteiger partial charge in [0.1, 0.15) is 0 Å². The van der Waals surface area contributed by atoms with Gasteiger partial charge in [0, 0.05) is 16.7 Å². The lowest BCUT2D eigenvalue weighted by Crippen LogP contribution is -2.38. The summed E-state index contributed by atoms with van der Waals surface area (Å²) >= 11 is 3.39. The summed E-state index contributed by atoms with van der Waals surface area (Å²) in [6.07, 6.45) is 1.84. The van der Waals surface area contributed by atoms with Gasteiger partial charge >= 0.3 is 11.8 Å². The van der Waals surface area contributed by atoms with Crippen molar-refractivity contribution in [3.63, 3.8) is 0 Å². The first kappa shape index (κ1) is 31.0. The third-order valence-electron chi connectivity index (χ3n) is 5.74. The van der Waals surface area contributed by atoms with E-state index in [1.807, 2.05) is 25.1 Å². The van der Waals surface area contributed by atoms with Crippen LogP contribution in [0.1, 0.15) is 16.7 Å². The summed E-state index contributed by atoms with van der Waals surface area (Å²) in [4.78, 5) is 36.5. The summed E-state index contributed by atoms with van der Waals surface area (Å²) in [6, 6.07) is 15.9. The molecular formula is C29H31BrN4O7. The molecule has 11 nitrogen and oxygen atoms in total. The second kappa shape index (κ2) is 15.3. The van der Waals surface area contributed by atoms with Gasteiger partial charge in [0.05, 0.1) is 27.5 Å². The largest absolute Gasteiger partial charge is 0.493 e. The van der Waals surface area contributed by atoms with Gasteiger partial charge in [-0.15, -0.1) is 0 Å². The van der Waals surface area contributed by atoms with Gasteiger partial charge in [-0.25, -0.2) is 5.43 Å². The Kier molecular flexibility index (Phi) is 11.5. The molecule has 0 unspecified atom stereocenters. The topological polar surface area (TPSA) is 137 Å². The van der Waals surface area contributed by atoms with E-state index >= 15 is 0 Å². The number of halogens is 1. The highest BCUT2D eigenvalue weighted by Crippen LogP contribution is 2.28. The van der Waals surface area contributed by atoms with Crippen LogP contribution >= 0.6 is 15.9 Å². The number of methoxy groups -OCH3 is 3. The molecule has 0 aliphatic heterocycles. The fourth-order valence-corrected chi connectivity index (χ4v) is 4.11. The van der Waals surface area contributed by atoms with E-state index in [9.17, 15) is 14.4 Å². The zero-order chi connectivity index (χ0) is 29.8. The van der Waals surface area contributed by atoms with E-state index in [4.69, 9.17) is 18.9 Å². The summed E-state index contributed by atoms with van der Waals surface area (Å²) in [5.74, 6) is -0.156. The summed E-state index contributed by atoms with van der Waals surface area (Å²) in [6.45, 7) is 1.91. The summed E-state index contributed by atoms with van der Waals surface area (Å²) < 4.78 is 22.4. The fraction of sp³-hybridized carbons (Fsp3) is 0.241. The first-order valence-electron chi connectivity index (χ1n) is 12.4. The van der Waals surface area contributed by atoms with Gasteiger partial charge in [-0.1, -0.05) is 22.0 Å². The minimum Gasteiger partial charge on any atom is -0.493 e. The average molecular weight is 627 g/mol. The molecule has 12 heteroatoms. The first-order valence-corrected chi connectivity index (χ1v) is 13.2. The quantitative estimate of drug-likeness (QED) is 0.159. The van der Waals surface area contributed by atoms with Gasteiger partial charge < -0.3 is 29.6 Å². The highest BCUT2D eigenvalue weighted by molar-refractivity contribution is 9.10. The maximum absolute atomic E-state index is 12.3. The van der Waals surface area contributed by atoms with Gasteiger partial charge in [-0.05, 0) is 78.6 Å². The van der Waals surface area contributed by atoms with Crippen molar-refractivity contribution in [1.29, 1.82) is 0 Å². The van der Waals surface area contributed by atoms with E-state index in [1.54, 1.807) is 50.6 Å². The SMILES string of the molecule is COc1ccc(CCNC(=O)C(=O)N/N=C\c2ccc(OCC(=O)Nc3ccc(Br)cc3C)c(OC)c2)cc1OC. The Morgan fingerprint density at radius 3 is 2.27 bits per heavy atom. The van der Waals surface area contributed by atoms with Crippen LogP contribution in [0.4, 0.5) is 5.69 Å². The summed E-state index contributed by atoms with van der Waals surface area (Å²) in [5.41, 5.74) is 5.26. The molecule has 3 amide bonds. The summed E-state index contributed by atoms with van der Waals surface area (Å²) in [7, 11) is 4.55. The number of hydrogen-bond acceptors (Lipinski definition) is 8. The van der Waals surface area contributed by atoms with E-state index in [-0.39, 0.29) is 19.1 Å². The van der Waals surface area contributed by atoms with Crippen LogP contribution in [0.15, 0.2) is 64.2 Å². The highest BCUT2D eigenvalue weighted by Gasteiger charge is 2.13. The van der Waals surface area contributed by atoms with E-state index < -0.39 is 11.8 Å². The molecule has 0 atom stereocenters. The van der Waals surface area contributed by atoms with Crippen molar-refractivity contribution < 1.29 is 33.3 Å². The number of anilines is 1. The number of hydrogen-bond donors (Lipinski definition) is 3. The molecular weight excluding hydrogens is 596 g/mol. The lowest BCUT2D eigenvalue weighted by molar-refractivity contribution is -0.139. The number of aryl methyl sites for hydroxylation is 1. The molecule has 0 heterocycles. The zero-order valence-electron chi connectivity index (χ0n) is 23.1. The Morgan fingerprint density at radius 2 is 1.56 bits per heavy atom. The number of nitrogens with zero attached hydrogens (tertiary/aromatic N) is 1. The molecule has 3 rings (SSSR count). The molecule has 0 saturated heterocycles. The number of nitrogens with one attached hydrogen (secondary N) is 3. The van der Waals surface area contributed by atoms with Crippen LogP contribution in [0, 0.1) is 6.92 Å². The molecule has 0 aromatic heterocycles. The minimum atomic E-state index is -0.910. The second-order valence-corrected chi connectivity index (χ2v) is 9.52. The van der Waals surface area contributed by atoms with Crippen molar-refractivity contribution in [3.8, 4) is 23.0 Å². The number of carbonyl (C=O) groups excluding carboxylic acids is 3. The fourth-order valence-electron chi connectivity index (χ4n) is 3.63. The molecule has 216 valence electrons. The average Bonchev–Trinajstić information content (AvgIpc) is 2.97. The Bertz CT molecular complexity index is 1430. The van der Waals surface area contributed by atoms with Crippen molar-refractivity contribution in [2.45, 2.75) is 13.3 Å². The lowest BCUT2D eigenvalue weighted by atomic mass is 10.1. The maximum atomic E-state index is 12.3. The molecule has 41 heavy (non-hydrogen) atoms. The van der Waals surface area contributed by atoms with Gasteiger partial charge in [-0.3, -0.25) is 14.4 Å². The molecule has 3 aromatic carbocycles. The normalized spacial score (nSPS) is 10.6. The molecule has 0 bridgehead atoms. The molecule has 0 radical (unpaired) electrons. The van der Waals surface area contributed by atoms with Gasteiger partial charge in [-0.2, -0.15) is 5.10 Å². The molecule has 0 spiro atoms. The predicted molar refractivity (Wildman–Crippen MR) is 158 cm³/mol. The van der Waals surface area contributed by atoms with Gasteiger partial charge in [0.15, 0.2) is 29.6 Å². The van der Waals surface area contributed by atoms with Gasteiger partial charge in [0.2, 0.25) is 0 Å². The molecule has 3 aromatic rings. The number of ether oxygens (including phenoxy) is 4. The summed E-state index contributed by atoms with van der Waals surface area (Å²) in [5, 5.41) is 9.18. The first-order chi connectivity index (χ1) is 19.7. The molecule has 0 fully saturated rings. The number of rotatable bonds is 12. The molecule has 0 aliphatic carbocycles. The van der Waals surface area contributed by atoms with Crippen molar-refractivity contribution in [1.82, 2.24) is 10.7 Å².